The summed E-state index contributed by atoms with van der Waals surface area (Å²) in [6, 6.07) is 16.0. The quantitative estimate of drug-likeness (QED) is 0.868. The lowest BCUT2D eigenvalue weighted by Gasteiger charge is -2.16. The smallest absolute Gasteiger partial charge is 0.240 e. The van der Waals surface area contributed by atoms with E-state index in [9.17, 15) is 8.78 Å². The first kappa shape index (κ1) is 14.5. The van der Waals surface area contributed by atoms with Crippen molar-refractivity contribution in [1.29, 1.82) is 0 Å². The Kier molecular flexibility index (Phi) is 5.07. The van der Waals surface area contributed by atoms with Gasteiger partial charge >= 0.3 is 0 Å². The molecule has 0 aromatic heterocycles. The van der Waals surface area contributed by atoms with Gasteiger partial charge in [-0.15, -0.1) is 0 Å². The van der Waals surface area contributed by atoms with Gasteiger partial charge in [0, 0.05) is 18.0 Å². The maximum Gasteiger partial charge on any atom is 0.240 e. The van der Waals surface area contributed by atoms with E-state index >= 15 is 0 Å². The Morgan fingerprint density at radius 2 is 1.60 bits per heavy atom. The van der Waals surface area contributed by atoms with E-state index in [2.05, 4.69) is 0 Å². The normalized spacial score (nSPS) is 12.4. The van der Waals surface area contributed by atoms with Crippen LogP contribution in [0.5, 0.6) is 5.75 Å². The van der Waals surface area contributed by atoms with Crippen LogP contribution in [-0.4, -0.2) is 6.43 Å². The van der Waals surface area contributed by atoms with Crippen LogP contribution in [0.2, 0.25) is 0 Å². The average Bonchev–Trinajstić information content (AvgIpc) is 2.46. The number of nitrogens with two attached hydrogens (primary N) is 1. The fraction of sp³-hybridized carbons (Fsp3) is 0.250. The molecular weight excluding hydrogens is 260 g/mol. The molecule has 0 saturated carbocycles. The Morgan fingerprint density at radius 1 is 0.950 bits per heavy atom. The minimum absolute atomic E-state index is 0.369. The molecule has 2 aromatic rings. The molecule has 4 heteroatoms. The zero-order valence-electron chi connectivity index (χ0n) is 11.0. The number of alkyl halides is 2. The molecule has 0 bridgehead atoms. The summed E-state index contributed by atoms with van der Waals surface area (Å²) in [4.78, 5) is 0. The van der Waals surface area contributed by atoms with Crippen LogP contribution in [0.15, 0.2) is 54.6 Å². The molecule has 0 aliphatic heterocycles. The lowest BCUT2D eigenvalue weighted by molar-refractivity contribution is 0.128. The summed E-state index contributed by atoms with van der Waals surface area (Å²) >= 11 is 0. The first-order valence-corrected chi connectivity index (χ1v) is 6.46. The number of ether oxygens (including phenoxy) is 1. The van der Waals surface area contributed by atoms with E-state index in [1.54, 1.807) is 24.3 Å². The van der Waals surface area contributed by atoms with Crippen LogP contribution in [0.4, 0.5) is 8.78 Å². The second kappa shape index (κ2) is 7.01. The van der Waals surface area contributed by atoms with E-state index in [0.29, 0.717) is 17.9 Å². The third-order valence-electron chi connectivity index (χ3n) is 2.99. The Morgan fingerprint density at radius 3 is 2.30 bits per heavy atom. The van der Waals surface area contributed by atoms with Crippen LogP contribution in [0.1, 0.15) is 23.6 Å². The Labute approximate surface area is 117 Å². The Hall–Kier alpha value is -1.94. The molecule has 2 rings (SSSR count). The topological polar surface area (TPSA) is 35.2 Å². The minimum atomic E-state index is -2.42. The van der Waals surface area contributed by atoms with Crippen molar-refractivity contribution in [3.63, 3.8) is 0 Å². The van der Waals surface area contributed by atoms with Gasteiger partial charge in [0.15, 0.2) is 0 Å². The van der Waals surface area contributed by atoms with Gasteiger partial charge in [0.1, 0.15) is 12.4 Å². The second-order valence-electron chi connectivity index (χ2n) is 4.55. The summed E-state index contributed by atoms with van der Waals surface area (Å²) in [5.41, 5.74) is 7.44. The van der Waals surface area contributed by atoms with Crippen LogP contribution >= 0.6 is 0 Å². The molecule has 0 aliphatic rings. The number of hydrogen-bond acceptors (Lipinski definition) is 2. The van der Waals surface area contributed by atoms with Crippen molar-refractivity contribution in [3.8, 4) is 5.75 Å². The molecule has 0 aliphatic carbocycles. The van der Waals surface area contributed by atoms with Crippen molar-refractivity contribution in [3.05, 3.63) is 65.7 Å². The van der Waals surface area contributed by atoms with Gasteiger partial charge in [-0.1, -0.05) is 48.5 Å². The Bertz CT molecular complexity index is 531. The first-order valence-electron chi connectivity index (χ1n) is 6.46. The van der Waals surface area contributed by atoms with Crippen molar-refractivity contribution in [2.45, 2.75) is 25.5 Å². The molecule has 106 valence electrons. The first-order chi connectivity index (χ1) is 9.66. The van der Waals surface area contributed by atoms with Gasteiger partial charge < -0.3 is 10.5 Å². The van der Waals surface area contributed by atoms with Crippen LogP contribution < -0.4 is 10.5 Å². The molecule has 2 N–H and O–H groups in total. The number of rotatable bonds is 6. The highest BCUT2D eigenvalue weighted by Gasteiger charge is 2.16. The van der Waals surface area contributed by atoms with Crippen LogP contribution in [0.3, 0.4) is 0 Å². The lowest BCUT2D eigenvalue weighted by atomic mass is 10.0. The molecule has 0 unspecified atom stereocenters. The number of halogens is 2. The maximum atomic E-state index is 12.4. The second-order valence-corrected chi connectivity index (χ2v) is 4.55. The summed E-state index contributed by atoms with van der Waals surface area (Å²) in [6.45, 7) is 0.388. The summed E-state index contributed by atoms with van der Waals surface area (Å²) in [7, 11) is 0. The van der Waals surface area contributed by atoms with E-state index in [-0.39, 0.29) is 6.42 Å². The number of benzene rings is 2. The zero-order valence-corrected chi connectivity index (χ0v) is 11.0. The molecule has 0 saturated heterocycles. The van der Waals surface area contributed by atoms with Crippen LogP contribution in [0, 0.1) is 0 Å². The summed E-state index contributed by atoms with van der Waals surface area (Å²) in [5.74, 6) is 0.560. The van der Waals surface area contributed by atoms with Gasteiger partial charge in [0.25, 0.3) is 0 Å². The summed E-state index contributed by atoms with van der Waals surface area (Å²) < 4.78 is 30.6. The van der Waals surface area contributed by atoms with Gasteiger partial charge in [0.2, 0.25) is 6.43 Å². The largest absolute Gasteiger partial charge is 0.489 e. The molecular formula is C16H17F2NO. The molecule has 0 fully saturated rings. The van der Waals surface area contributed by atoms with Gasteiger partial charge in [-0.25, -0.2) is 8.78 Å². The Balaban J connectivity index is 2.08. The average molecular weight is 277 g/mol. The van der Waals surface area contributed by atoms with Crippen molar-refractivity contribution >= 4 is 0 Å². The van der Waals surface area contributed by atoms with Crippen LogP contribution in [-0.2, 0) is 6.61 Å². The van der Waals surface area contributed by atoms with Crippen molar-refractivity contribution < 1.29 is 13.5 Å². The predicted octanol–water partition coefficient (Wildman–Crippen LogP) is 3.92. The highest BCUT2D eigenvalue weighted by molar-refractivity contribution is 5.36. The number of para-hydroxylation sites is 1. The van der Waals surface area contributed by atoms with E-state index in [1.165, 1.54) is 0 Å². The van der Waals surface area contributed by atoms with E-state index < -0.39 is 12.5 Å². The van der Waals surface area contributed by atoms with Crippen molar-refractivity contribution in [2.75, 3.05) is 0 Å². The molecule has 0 spiro atoms. The highest BCUT2D eigenvalue weighted by atomic mass is 19.3. The monoisotopic (exact) mass is 277 g/mol. The minimum Gasteiger partial charge on any atom is -0.489 e. The molecule has 20 heavy (non-hydrogen) atoms. The molecule has 2 aromatic carbocycles. The third-order valence-corrected chi connectivity index (χ3v) is 2.99. The van der Waals surface area contributed by atoms with E-state index in [4.69, 9.17) is 10.5 Å². The summed E-state index contributed by atoms with van der Waals surface area (Å²) in [6.07, 6.45) is -2.79. The number of hydrogen-bond donors (Lipinski definition) is 1. The van der Waals surface area contributed by atoms with Crippen molar-refractivity contribution in [1.82, 2.24) is 0 Å². The maximum absolute atomic E-state index is 12.4. The highest BCUT2D eigenvalue weighted by Crippen LogP contribution is 2.27. The van der Waals surface area contributed by atoms with Crippen LogP contribution in [0.25, 0.3) is 0 Å². The third kappa shape index (κ3) is 4.03. The van der Waals surface area contributed by atoms with E-state index in [1.807, 2.05) is 30.3 Å². The molecule has 0 radical (unpaired) electrons. The van der Waals surface area contributed by atoms with Crippen molar-refractivity contribution in [2.24, 2.45) is 5.73 Å². The standard InChI is InChI=1S/C16H17F2NO/c17-16(18)10-14(19)13-8-4-5-9-15(13)20-11-12-6-2-1-3-7-12/h1-9,14,16H,10-11,19H2/t14-/m0/s1. The van der Waals surface area contributed by atoms with Gasteiger partial charge in [-0.05, 0) is 11.6 Å². The fourth-order valence-electron chi connectivity index (χ4n) is 1.97. The molecule has 2 nitrogen and oxygen atoms in total. The molecule has 1 atom stereocenters. The lowest BCUT2D eigenvalue weighted by Crippen LogP contribution is -2.15. The molecule has 0 heterocycles. The zero-order chi connectivity index (χ0) is 14.4. The molecule has 0 amide bonds. The fourth-order valence-corrected chi connectivity index (χ4v) is 1.97. The summed E-state index contributed by atoms with van der Waals surface area (Å²) in [5, 5.41) is 0. The van der Waals surface area contributed by atoms with Gasteiger partial charge in [-0.3, -0.25) is 0 Å². The SMILES string of the molecule is N[C@@H](CC(F)F)c1ccccc1OCc1ccccc1. The van der Waals surface area contributed by atoms with E-state index in [0.717, 1.165) is 5.56 Å². The van der Waals surface area contributed by atoms with Gasteiger partial charge in [-0.2, -0.15) is 0 Å². The predicted molar refractivity (Wildman–Crippen MR) is 74.8 cm³/mol. The van der Waals surface area contributed by atoms with Gasteiger partial charge in [0.05, 0.1) is 0 Å².